The Kier molecular flexibility index (Phi) is 8.07. The van der Waals surface area contributed by atoms with Gasteiger partial charge in [0.05, 0.1) is 16.8 Å². The number of fused-ring (bicyclic) bond motifs is 1. The van der Waals surface area contributed by atoms with Gasteiger partial charge in [0.25, 0.3) is 5.91 Å². The first kappa shape index (κ1) is 27.4. The first-order valence-corrected chi connectivity index (χ1v) is 14.2. The van der Waals surface area contributed by atoms with Gasteiger partial charge in [0.15, 0.2) is 12.4 Å². The van der Waals surface area contributed by atoms with Crippen molar-refractivity contribution < 1.29 is 18.7 Å². The third kappa shape index (κ3) is 5.46. The van der Waals surface area contributed by atoms with Crippen molar-refractivity contribution in [3.8, 4) is 16.9 Å². The fourth-order valence-electron chi connectivity index (χ4n) is 5.47. The minimum Gasteiger partial charge on any atom is -0.619 e. The lowest BCUT2D eigenvalue weighted by molar-refractivity contribution is -0.605. The van der Waals surface area contributed by atoms with Gasteiger partial charge in [0.2, 0.25) is 0 Å². The highest BCUT2D eigenvalue weighted by Gasteiger charge is 2.32. The number of aromatic nitrogens is 1. The average Bonchev–Trinajstić information content (AvgIpc) is 3.32. The fraction of sp³-hybridized carbons (Fsp3) is 0.333. The number of benzene rings is 2. The average molecular weight is 568 g/mol. The van der Waals surface area contributed by atoms with Crippen LogP contribution in [0.5, 0.6) is 5.75 Å². The van der Waals surface area contributed by atoms with E-state index < -0.39 is 0 Å². The van der Waals surface area contributed by atoms with Crippen LogP contribution in [-0.4, -0.2) is 37.0 Å². The first-order chi connectivity index (χ1) is 18.8. The van der Waals surface area contributed by atoms with Gasteiger partial charge in [-0.2, -0.15) is 4.73 Å². The minimum absolute atomic E-state index is 0.00108. The number of nitrogens with one attached hydrogen (secondary N) is 1. The molecule has 1 amide bonds. The van der Waals surface area contributed by atoms with Crippen LogP contribution in [0.25, 0.3) is 21.2 Å². The standard InChI is InChI=1S/C30H31ClFN3O3S/c1-18-4-10-24(32)28-26(18)27(31)29(39-28)30(36)35(23-8-6-22(33-2)7-9-23)17-21-16-20(5-11-25(21)38-3)19-12-14-34(37)15-13-19/h4-5,10-16,22-23,33H,6-9,17H2,1-3H3. The van der Waals surface area contributed by atoms with E-state index in [9.17, 15) is 14.4 Å². The third-order valence-electron chi connectivity index (χ3n) is 7.70. The number of aryl methyl sites for hydroxylation is 1. The van der Waals surface area contributed by atoms with Crippen molar-refractivity contribution in [1.29, 1.82) is 0 Å². The molecule has 0 atom stereocenters. The molecule has 0 unspecified atom stereocenters. The summed E-state index contributed by atoms with van der Waals surface area (Å²) < 4.78 is 21.6. The Morgan fingerprint density at radius 3 is 2.51 bits per heavy atom. The Bertz CT molecular complexity index is 1500. The lowest BCUT2D eigenvalue weighted by atomic mass is 9.89. The number of ether oxygens (including phenoxy) is 1. The molecule has 204 valence electrons. The molecule has 0 saturated heterocycles. The molecule has 2 aromatic carbocycles. The molecular weight excluding hydrogens is 537 g/mol. The van der Waals surface area contributed by atoms with E-state index in [0.717, 1.165) is 64.0 Å². The van der Waals surface area contributed by atoms with Gasteiger partial charge in [0, 0.05) is 41.7 Å². The fourth-order valence-corrected chi connectivity index (χ4v) is 7.10. The molecule has 1 saturated carbocycles. The van der Waals surface area contributed by atoms with Gasteiger partial charge in [0.1, 0.15) is 16.4 Å². The zero-order valence-electron chi connectivity index (χ0n) is 22.2. The Hall–Kier alpha value is -3.20. The van der Waals surface area contributed by atoms with E-state index in [0.29, 0.717) is 38.3 Å². The van der Waals surface area contributed by atoms with E-state index >= 15 is 0 Å². The third-order valence-corrected chi connectivity index (χ3v) is 9.37. The number of halogens is 2. The van der Waals surface area contributed by atoms with E-state index in [-0.39, 0.29) is 17.8 Å². The molecule has 0 bridgehead atoms. The quantitative estimate of drug-likeness (QED) is 0.205. The molecule has 2 heterocycles. The minimum atomic E-state index is -0.376. The van der Waals surface area contributed by atoms with E-state index in [1.54, 1.807) is 25.3 Å². The number of thiophene rings is 1. The number of carbonyl (C=O) groups is 1. The molecule has 1 aliphatic rings. The Labute approximate surface area is 236 Å². The number of methoxy groups -OCH3 is 1. The highest BCUT2D eigenvalue weighted by Crippen LogP contribution is 2.41. The largest absolute Gasteiger partial charge is 0.619 e. The van der Waals surface area contributed by atoms with Gasteiger partial charge in [-0.1, -0.05) is 23.7 Å². The van der Waals surface area contributed by atoms with Crippen LogP contribution in [0.1, 0.15) is 46.5 Å². The Morgan fingerprint density at radius 1 is 1.15 bits per heavy atom. The molecule has 0 aliphatic heterocycles. The monoisotopic (exact) mass is 567 g/mol. The second kappa shape index (κ2) is 11.5. The number of amides is 1. The van der Waals surface area contributed by atoms with Crippen molar-refractivity contribution in [3.63, 3.8) is 0 Å². The maximum absolute atomic E-state index is 14.7. The van der Waals surface area contributed by atoms with Crippen LogP contribution >= 0.6 is 22.9 Å². The van der Waals surface area contributed by atoms with E-state index in [1.165, 1.54) is 18.5 Å². The summed E-state index contributed by atoms with van der Waals surface area (Å²) in [7, 11) is 3.58. The van der Waals surface area contributed by atoms with E-state index in [2.05, 4.69) is 5.32 Å². The molecule has 0 spiro atoms. The normalized spacial score (nSPS) is 17.4. The van der Waals surface area contributed by atoms with Gasteiger partial charge >= 0.3 is 0 Å². The number of hydrogen-bond acceptors (Lipinski definition) is 5. The number of nitrogens with zero attached hydrogens (tertiary/aromatic N) is 2. The smallest absolute Gasteiger partial charge is 0.266 e. The highest BCUT2D eigenvalue weighted by atomic mass is 35.5. The number of rotatable bonds is 7. The molecule has 6 nitrogen and oxygen atoms in total. The molecule has 0 radical (unpaired) electrons. The Morgan fingerprint density at radius 2 is 1.87 bits per heavy atom. The lowest BCUT2D eigenvalue weighted by Crippen LogP contribution is -2.44. The van der Waals surface area contributed by atoms with Crippen molar-refractivity contribution in [1.82, 2.24) is 10.2 Å². The molecule has 4 aromatic rings. The summed E-state index contributed by atoms with van der Waals surface area (Å²) in [5.74, 6) is 0.0892. The molecule has 2 aromatic heterocycles. The SMILES string of the molecule is CNC1CCC(N(Cc2cc(-c3cc[n+]([O-])cc3)ccc2OC)C(=O)c2sc3c(F)ccc(C)c3c2Cl)CC1. The van der Waals surface area contributed by atoms with Gasteiger partial charge in [-0.15, -0.1) is 11.3 Å². The lowest BCUT2D eigenvalue weighted by Gasteiger charge is -2.37. The predicted octanol–water partition coefficient (Wildman–Crippen LogP) is 6.48. The maximum atomic E-state index is 14.7. The second-order valence-electron chi connectivity index (χ2n) is 10.0. The van der Waals surface area contributed by atoms with Gasteiger partial charge in [-0.3, -0.25) is 4.79 Å². The summed E-state index contributed by atoms with van der Waals surface area (Å²) in [6, 6.07) is 12.9. The van der Waals surface area contributed by atoms with Crippen LogP contribution < -0.4 is 14.8 Å². The second-order valence-corrected chi connectivity index (χ2v) is 11.4. The number of hydrogen-bond donors (Lipinski definition) is 1. The zero-order valence-corrected chi connectivity index (χ0v) is 23.7. The predicted molar refractivity (Wildman–Crippen MR) is 154 cm³/mol. The highest BCUT2D eigenvalue weighted by molar-refractivity contribution is 7.21. The van der Waals surface area contributed by atoms with E-state index in [1.807, 2.05) is 37.1 Å². The maximum Gasteiger partial charge on any atom is 0.266 e. The van der Waals surface area contributed by atoms with Crippen LogP contribution in [0.4, 0.5) is 4.39 Å². The van der Waals surface area contributed by atoms with Crippen molar-refractivity contribution in [2.75, 3.05) is 14.2 Å². The topological polar surface area (TPSA) is 68.5 Å². The number of pyridine rings is 1. The molecule has 9 heteroatoms. The van der Waals surface area contributed by atoms with Crippen LogP contribution in [-0.2, 0) is 6.54 Å². The van der Waals surface area contributed by atoms with Crippen LogP contribution in [0.15, 0.2) is 54.9 Å². The zero-order chi connectivity index (χ0) is 27.7. The number of carbonyl (C=O) groups excluding carboxylic acids is 1. The summed E-state index contributed by atoms with van der Waals surface area (Å²) in [6.07, 6.45) is 6.51. The summed E-state index contributed by atoms with van der Waals surface area (Å²) in [5.41, 5.74) is 3.48. The van der Waals surface area contributed by atoms with Crippen LogP contribution in [0, 0.1) is 17.9 Å². The van der Waals surface area contributed by atoms with Crippen molar-refractivity contribution >= 4 is 38.9 Å². The summed E-state index contributed by atoms with van der Waals surface area (Å²) in [4.78, 5) is 16.5. The Balaban J connectivity index is 1.55. The van der Waals surface area contributed by atoms with Gasteiger partial charge < -0.3 is 20.2 Å². The van der Waals surface area contributed by atoms with Gasteiger partial charge in [-0.25, -0.2) is 4.39 Å². The van der Waals surface area contributed by atoms with Gasteiger partial charge in [-0.05, 0) is 74.5 Å². The molecule has 39 heavy (non-hydrogen) atoms. The molecule has 1 N–H and O–H groups in total. The summed E-state index contributed by atoms with van der Waals surface area (Å²) in [6.45, 7) is 2.19. The summed E-state index contributed by atoms with van der Waals surface area (Å²) >= 11 is 7.89. The molecule has 1 aliphatic carbocycles. The van der Waals surface area contributed by atoms with Crippen molar-refractivity contribution in [2.24, 2.45) is 0 Å². The van der Waals surface area contributed by atoms with Crippen LogP contribution in [0.3, 0.4) is 0 Å². The van der Waals surface area contributed by atoms with E-state index in [4.69, 9.17) is 16.3 Å². The first-order valence-electron chi connectivity index (χ1n) is 13.0. The molecule has 5 rings (SSSR count). The molecule has 1 fully saturated rings. The van der Waals surface area contributed by atoms with Crippen molar-refractivity contribution in [3.05, 3.63) is 86.9 Å². The summed E-state index contributed by atoms with van der Waals surface area (Å²) in [5, 5.41) is 15.8. The van der Waals surface area contributed by atoms with Crippen molar-refractivity contribution in [2.45, 2.75) is 51.2 Å². The van der Waals surface area contributed by atoms with Crippen LogP contribution in [0.2, 0.25) is 5.02 Å². The molecular formula is C30H31ClFN3O3S.